The van der Waals surface area contributed by atoms with Gasteiger partial charge in [0.15, 0.2) is 0 Å². The van der Waals surface area contributed by atoms with Crippen molar-refractivity contribution < 1.29 is 0 Å². The summed E-state index contributed by atoms with van der Waals surface area (Å²) < 4.78 is 0. The van der Waals surface area contributed by atoms with Crippen LogP contribution in [0.25, 0.3) is 0 Å². The minimum Gasteiger partial charge on any atom is -0.363 e. The Morgan fingerprint density at radius 2 is 2.13 bits per heavy atom. The van der Waals surface area contributed by atoms with Gasteiger partial charge in [-0.15, -0.1) is 6.58 Å². The lowest BCUT2D eigenvalue weighted by Crippen LogP contribution is -2.50. The quantitative estimate of drug-likeness (QED) is 0.773. The molecule has 2 rings (SSSR count). The summed E-state index contributed by atoms with van der Waals surface area (Å²) in [4.78, 5) is 2.35. The molecule has 0 bridgehead atoms. The number of nitrogens with zero attached hydrogens (tertiary/aromatic N) is 1. The molecule has 1 aliphatic rings. The molecule has 1 aromatic rings. The Kier molecular flexibility index (Phi) is 3.29. The average molecular weight is 223 g/mol. The van der Waals surface area contributed by atoms with Gasteiger partial charge in [-0.05, 0) is 24.3 Å². The van der Waals surface area contributed by atoms with Gasteiger partial charge in [0.25, 0.3) is 0 Å². The Bertz CT molecular complexity index is 334. The third-order valence-electron chi connectivity index (χ3n) is 2.71. The van der Waals surface area contributed by atoms with E-state index in [1.54, 1.807) is 0 Å². The van der Waals surface area contributed by atoms with Gasteiger partial charge in [0.1, 0.15) is 0 Å². The minimum absolute atomic E-state index is 0.375. The Morgan fingerprint density at radius 1 is 1.40 bits per heavy atom. The third kappa shape index (κ3) is 2.33. The van der Waals surface area contributed by atoms with E-state index in [-0.39, 0.29) is 0 Å². The molecule has 15 heavy (non-hydrogen) atoms. The number of anilines is 1. The van der Waals surface area contributed by atoms with Crippen LogP contribution in [-0.2, 0) is 0 Å². The molecule has 1 unspecified atom stereocenters. The molecule has 2 nitrogen and oxygen atoms in total. The number of benzene rings is 1. The predicted octanol–water partition coefficient (Wildman–Crippen LogP) is 2.30. The Hall–Kier alpha value is -0.990. The summed E-state index contributed by atoms with van der Waals surface area (Å²) in [7, 11) is 0. The largest absolute Gasteiger partial charge is 0.363 e. The summed E-state index contributed by atoms with van der Waals surface area (Å²) in [6.07, 6.45) is 1.99. The van der Waals surface area contributed by atoms with E-state index in [4.69, 9.17) is 11.6 Å². The van der Waals surface area contributed by atoms with Crippen LogP contribution >= 0.6 is 11.6 Å². The molecule has 0 radical (unpaired) electrons. The molecule has 1 N–H and O–H groups in total. The van der Waals surface area contributed by atoms with Gasteiger partial charge in [0, 0.05) is 30.3 Å². The molecule has 1 heterocycles. The Labute approximate surface area is 95.5 Å². The van der Waals surface area contributed by atoms with Crippen molar-refractivity contribution in [3.63, 3.8) is 0 Å². The summed E-state index contributed by atoms with van der Waals surface area (Å²) in [6, 6.07) is 8.35. The van der Waals surface area contributed by atoms with Crippen molar-refractivity contribution >= 4 is 17.3 Å². The van der Waals surface area contributed by atoms with Gasteiger partial charge in [-0.1, -0.05) is 17.7 Å². The van der Waals surface area contributed by atoms with E-state index in [2.05, 4.69) is 28.9 Å². The molecule has 80 valence electrons. The van der Waals surface area contributed by atoms with Crippen molar-refractivity contribution in [3.8, 4) is 0 Å². The molecule has 1 atom stereocenters. The molecule has 0 aliphatic carbocycles. The smallest absolute Gasteiger partial charge is 0.0595 e. The van der Waals surface area contributed by atoms with Crippen LogP contribution in [0, 0.1) is 0 Å². The van der Waals surface area contributed by atoms with Gasteiger partial charge in [-0.25, -0.2) is 0 Å². The lowest BCUT2D eigenvalue weighted by molar-refractivity contribution is 0.530. The number of hydrogen-bond donors (Lipinski definition) is 1. The number of halogens is 1. The van der Waals surface area contributed by atoms with Crippen molar-refractivity contribution in [2.24, 2.45) is 0 Å². The standard InChI is InChI=1S/C12H15ClN2/c1-2-11-9-14-7-8-15(11)12-5-3-10(13)4-6-12/h2-6,11,14H,1,7-9H2. The van der Waals surface area contributed by atoms with E-state index in [1.807, 2.05) is 18.2 Å². The second-order valence-electron chi connectivity index (χ2n) is 3.68. The highest BCUT2D eigenvalue weighted by atomic mass is 35.5. The summed E-state index contributed by atoms with van der Waals surface area (Å²) in [5, 5.41) is 4.14. The highest BCUT2D eigenvalue weighted by molar-refractivity contribution is 6.30. The number of piperazine rings is 1. The lowest BCUT2D eigenvalue weighted by atomic mass is 10.1. The van der Waals surface area contributed by atoms with Gasteiger partial charge in [-0.3, -0.25) is 0 Å². The van der Waals surface area contributed by atoms with Crippen molar-refractivity contribution in [1.29, 1.82) is 0 Å². The highest BCUT2D eigenvalue weighted by Crippen LogP contribution is 2.21. The van der Waals surface area contributed by atoms with Crippen LogP contribution in [0.1, 0.15) is 0 Å². The van der Waals surface area contributed by atoms with Crippen LogP contribution in [0.3, 0.4) is 0 Å². The van der Waals surface area contributed by atoms with E-state index in [1.165, 1.54) is 5.69 Å². The second kappa shape index (κ2) is 4.69. The third-order valence-corrected chi connectivity index (χ3v) is 2.97. The first-order valence-corrected chi connectivity index (χ1v) is 5.54. The molecule has 1 aromatic carbocycles. The Morgan fingerprint density at radius 3 is 2.80 bits per heavy atom. The monoisotopic (exact) mass is 222 g/mol. The van der Waals surface area contributed by atoms with Crippen LogP contribution in [0.15, 0.2) is 36.9 Å². The van der Waals surface area contributed by atoms with Crippen LogP contribution in [0.5, 0.6) is 0 Å². The topological polar surface area (TPSA) is 15.3 Å². The summed E-state index contributed by atoms with van der Waals surface area (Å²) in [5.41, 5.74) is 1.21. The molecule has 0 saturated carbocycles. The van der Waals surface area contributed by atoms with E-state index >= 15 is 0 Å². The van der Waals surface area contributed by atoms with Gasteiger partial charge in [0.05, 0.1) is 6.04 Å². The minimum atomic E-state index is 0.375. The molecular weight excluding hydrogens is 208 g/mol. The summed E-state index contributed by atoms with van der Waals surface area (Å²) in [6.45, 7) is 6.87. The molecule has 3 heteroatoms. The maximum absolute atomic E-state index is 5.87. The van der Waals surface area contributed by atoms with Gasteiger partial charge in [0.2, 0.25) is 0 Å². The second-order valence-corrected chi connectivity index (χ2v) is 4.11. The fourth-order valence-electron chi connectivity index (χ4n) is 1.89. The number of nitrogens with one attached hydrogen (secondary N) is 1. The van der Waals surface area contributed by atoms with Crippen LogP contribution in [0.2, 0.25) is 5.02 Å². The first kappa shape index (κ1) is 10.5. The van der Waals surface area contributed by atoms with Gasteiger partial charge < -0.3 is 10.2 Å². The first-order chi connectivity index (χ1) is 7.31. The van der Waals surface area contributed by atoms with E-state index in [0.717, 1.165) is 24.7 Å². The summed E-state index contributed by atoms with van der Waals surface area (Å²) in [5.74, 6) is 0. The van der Waals surface area contributed by atoms with Gasteiger partial charge in [-0.2, -0.15) is 0 Å². The fraction of sp³-hybridized carbons (Fsp3) is 0.333. The normalized spacial score (nSPS) is 21.4. The zero-order valence-electron chi connectivity index (χ0n) is 8.62. The Balaban J connectivity index is 2.20. The van der Waals surface area contributed by atoms with E-state index in [9.17, 15) is 0 Å². The number of rotatable bonds is 2. The molecule has 0 spiro atoms. The summed E-state index contributed by atoms with van der Waals surface area (Å²) >= 11 is 5.87. The van der Waals surface area contributed by atoms with Crippen LogP contribution in [-0.4, -0.2) is 25.7 Å². The van der Waals surface area contributed by atoms with Crippen LogP contribution in [0.4, 0.5) is 5.69 Å². The van der Waals surface area contributed by atoms with Crippen LogP contribution < -0.4 is 10.2 Å². The molecule has 0 aromatic heterocycles. The zero-order chi connectivity index (χ0) is 10.7. The molecule has 1 aliphatic heterocycles. The van der Waals surface area contributed by atoms with Crippen molar-refractivity contribution in [2.75, 3.05) is 24.5 Å². The average Bonchev–Trinajstić information content (AvgIpc) is 2.30. The van der Waals surface area contributed by atoms with E-state index in [0.29, 0.717) is 6.04 Å². The van der Waals surface area contributed by atoms with Crippen molar-refractivity contribution in [2.45, 2.75) is 6.04 Å². The molecular formula is C12H15ClN2. The molecule has 1 saturated heterocycles. The first-order valence-electron chi connectivity index (χ1n) is 5.17. The SMILES string of the molecule is C=CC1CNCCN1c1ccc(Cl)cc1. The van der Waals surface area contributed by atoms with Crippen molar-refractivity contribution in [1.82, 2.24) is 5.32 Å². The predicted molar refractivity (Wildman–Crippen MR) is 65.7 cm³/mol. The van der Waals surface area contributed by atoms with Crippen molar-refractivity contribution in [3.05, 3.63) is 41.9 Å². The molecule has 0 amide bonds. The number of hydrogen-bond acceptors (Lipinski definition) is 2. The lowest BCUT2D eigenvalue weighted by Gasteiger charge is -2.36. The van der Waals surface area contributed by atoms with E-state index < -0.39 is 0 Å². The maximum Gasteiger partial charge on any atom is 0.0595 e. The zero-order valence-corrected chi connectivity index (χ0v) is 9.37. The maximum atomic E-state index is 5.87. The fourth-order valence-corrected chi connectivity index (χ4v) is 2.02. The van der Waals surface area contributed by atoms with Gasteiger partial charge >= 0.3 is 0 Å². The molecule has 1 fully saturated rings. The highest BCUT2D eigenvalue weighted by Gasteiger charge is 2.19.